The molecule has 0 aliphatic rings. The first kappa shape index (κ1) is 12.9. The van der Waals surface area contributed by atoms with Gasteiger partial charge in [0.25, 0.3) is 0 Å². The lowest BCUT2D eigenvalue weighted by Crippen LogP contribution is -2.15. The number of pyridine rings is 1. The molecule has 0 radical (unpaired) electrons. The molecule has 1 aromatic heterocycles. The van der Waals surface area contributed by atoms with Gasteiger partial charge in [0.1, 0.15) is 0 Å². The van der Waals surface area contributed by atoms with E-state index in [2.05, 4.69) is 9.71 Å². The lowest BCUT2D eigenvalue weighted by molar-refractivity contribution is 0.600. The van der Waals surface area contributed by atoms with Gasteiger partial charge in [-0.1, -0.05) is 41.9 Å². The summed E-state index contributed by atoms with van der Waals surface area (Å²) in [5, 5.41) is 0.321. The second-order valence-corrected chi connectivity index (χ2v) is 5.83. The van der Waals surface area contributed by atoms with Crippen LogP contribution in [0.4, 0.5) is 5.69 Å². The Kier molecular flexibility index (Phi) is 3.84. The minimum atomic E-state index is -3.48. The van der Waals surface area contributed by atoms with E-state index in [1.807, 2.05) is 6.07 Å². The molecule has 1 heterocycles. The smallest absolute Gasteiger partial charge is 0.237 e. The predicted octanol–water partition coefficient (Wildman–Crippen LogP) is 2.68. The molecule has 0 fully saturated rings. The summed E-state index contributed by atoms with van der Waals surface area (Å²) >= 11 is 5.87. The van der Waals surface area contributed by atoms with E-state index in [0.717, 1.165) is 0 Å². The van der Waals surface area contributed by atoms with Crippen LogP contribution in [0.25, 0.3) is 0 Å². The standard InChI is InChI=1S/C12H11ClN2O2S/c13-11-6-7-14-8-12(11)15-18(16,17)9-10-4-2-1-3-5-10/h1-8,15H,9H2. The Bertz CT molecular complexity index is 630. The van der Waals surface area contributed by atoms with E-state index >= 15 is 0 Å². The summed E-state index contributed by atoms with van der Waals surface area (Å²) in [6, 6.07) is 10.5. The molecule has 0 aliphatic heterocycles. The lowest BCUT2D eigenvalue weighted by atomic mass is 10.2. The van der Waals surface area contributed by atoms with Gasteiger partial charge in [0.05, 0.1) is 22.7 Å². The van der Waals surface area contributed by atoms with Crippen LogP contribution < -0.4 is 4.72 Å². The molecule has 0 amide bonds. The number of aromatic nitrogens is 1. The molecular formula is C12H11ClN2O2S. The van der Waals surface area contributed by atoms with Gasteiger partial charge >= 0.3 is 0 Å². The predicted molar refractivity (Wildman–Crippen MR) is 71.9 cm³/mol. The molecule has 0 saturated carbocycles. The highest BCUT2D eigenvalue weighted by molar-refractivity contribution is 7.91. The average Bonchev–Trinajstić information content (AvgIpc) is 2.32. The second kappa shape index (κ2) is 5.37. The Morgan fingerprint density at radius 3 is 2.56 bits per heavy atom. The zero-order valence-electron chi connectivity index (χ0n) is 9.38. The zero-order valence-corrected chi connectivity index (χ0v) is 10.9. The van der Waals surface area contributed by atoms with Gasteiger partial charge in [0.2, 0.25) is 10.0 Å². The number of sulfonamides is 1. The third-order valence-corrected chi connectivity index (χ3v) is 3.81. The molecule has 18 heavy (non-hydrogen) atoms. The van der Waals surface area contributed by atoms with E-state index in [1.165, 1.54) is 18.5 Å². The Morgan fingerprint density at radius 2 is 1.89 bits per heavy atom. The van der Waals surface area contributed by atoms with Gasteiger partial charge in [-0.25, -0.2) is 8.42 Å². The van der Waals surface area contributed by atoms with E-state index in [9.17, 15) is 8.42 Å². The van der Waals surface area contributed by atoms with Crippen molar-refractivity contribution in [1.29, 1.82) is 0 Å². The SMILES string of the molecule is O=S(=O)(Cc1ccccc1)Nc1cnccc1Cl. The molecule has 94 valence electrons. The first-order valence-electron chi connectivity index (χ1n) is 5.21. The molecule has 6 heteroatoms. The maximum atomic E-state index is 11.9. The molecule has 2 aromatic rings. The van der Waals surface area contributed by atoms with Gasteiger partial charge in [0.15, 0.2) is 0 Å². The third-order valence-electron chi connectivity index (χ3n) is 2.23. The Labute approximate surface area is 111 Å². The van der Waals surface area contributed by atoms with Crippen molar-refractivity contribution in [2.75, 3.05) is 4.72 Å². The van der Waals surface area contributed by atoms with E-state index in [-0.39, 0.29) is 11.4 Å². The normalized spacial score (nSPS) is 11.2. The summed E-state index contributed by atoms with van der Waals surface area (Å²) in [4.78, 5) is 3.83. The molecule has 0 atom stereocenters. The van der Waals surface area contributed by atoms with Crippen LogP contribution in [0.15, 0.2) is 48.8 Å². The number of rotatable bonds is 4. The topological polar surface area (TPSA) is 59.1 Å². The quantitative estimate of drug-likeness (QED) is 0.938. The maximum Gasteiger partial charge on any atom is 0.237 e. The number of hydrogen-bond donors (Lipinski definition) is 1. The monoisotopic (exact) mass is 282 g/mol. The Morgan fingerprint density at radius 1 is 1.17 bits per heavy atom. The van der Waals surface area contributed by atoms with Gasteiger partial charge in [-0.3, -0.25) is 9.71 Å². The summed E-state index contributed by atoms with van der Waals surface area (Å²) in [5.74, 6) is -0.0982. The molecule has 4 nitrogen and oxygen atoms in total. The van der Waals surface area contributed by atoms with Crippen LogP contribution in [0.1, 0.15) is 5.56 Å². The highest BCUT2D eigenvalue weighted by atomic mass is 35.5. The van der Waals surface area contributed by atoms with Crippen molar-refractivity contribution in [3.05, 3.63) is 59.4 Å². The Hall–Kier alpha value is -1.59. The second-order valence-electron chi connectivity index (χ2n) is 3.70. The van der Waals surface area contributed by atoms with E-state index in [1.54, 1.807) is 24.3 Å². The molecule has 0 unspecified atom stereocenters. The number of nitrogens with zero attached hydrogens (tertiary/aromatic N) is 1. The summed E-state index contributed by atoms with van der Waals surface area (Å²) in [7, 11) is -3.48. The molecule has 0 spiro atoms. The molecule has 0 saturated heterocycles. The minimum absolute atomic E-state index is 0.0982. The van der Waals surface area contributed by atoms with Crippen LogP contribution in [0, 0.1) is 0 Å². The molecule has 1 aromatic carbocycles. The number of halogens is 1. The van der Waals surface area contributed by atoms with Crippen molar-refractivity contribution >= 4 is 27.3 Å². The maximum absolute atomic E-state index is 11.9. The fourth-order valence-electron chi connectivity index (χ4n) is 1.45. The number of benzene rings is 1. The molecule has 0 aliphatic carbocycles. The van der Waals surface area contributed by atoms with Crippen molar-refractivity contribution in [2.45, 2.75) is 5.75 Å². The van der Waals surface area contributed by atoms with Crippen LogP contribution in [-0.4, -0.2) is 13.4 Å². The zero-order chi connectivity index (χ0) is 13.0. The fourth-order valence-corrected chi connectivity index (χ4v) is 2.86. The van der Waals surface area contributed by atoms with E-state index in [0.29, 0.717) is 10.6 Å². The minimum Gasteiger partial charge on any atom is -0.280 e. The van der Waals surface area contributed by atoms with Crippen molar-refractivity contribution in [1.82, 2.24) is 4.98 Å². The van der Waals surface area contributed by atoms with Crippen LogP contribution in [0.3, 0.4) is 0 Å². The number of anilines is 1. The molecular weight excluding hydrogens is 272 g/mol. The van der Waals surface area contributed by atoms with Gasteiger partial charge in [-0.05, 0) is 11.6 Å². The highest BCUT2D eigenvalue weighted by Crippen LogP contribution is 2.21. The van der Waals surface area contributed by atoms with Crippen LogP contribution in [0.5, 0.6) is 0 Å². The molecule has 1 N–H and O–H groups in total. The first-order chi connectivity index (χ1) is 8.57. The van der Waals surface area contributed by atoms with Crippen molar-refractivity contribution in [2.24, 2.45) is 0 Å². The summed E-state index contributed by atoms with van der Waals surface area (Å²) in [6.45, 7) is 0. The first-order valence-corrected chi connectivity index (χ1v) is 7.24. The van der Waals surface area contributed by atoms with Gasteiger partial charge < -0.3 is 0 Å². The van der Waals surface area contributed by atoms with Gasteiger partial charge in [0, 0.05) is 6.20 Å². The van der Waals surface area contributed by atoms with Crippen LogP contribution in [0.2, 0.25) is 5.02 Å². The van der Waals surface area contributed by atoms with Crippen molar-refractivity contribution in [3.63, 3.8) is 0 Å². The van der Waals surface area contributed by atoms with E-state index < -0.39 is 10.0 Å². The number of nitrogens with one attached hydrogen (secondary N) is 1. The molecule has 2 rings (SSSR count). The number of hydrogen-bond acceptors (Lipinski definition) is 3. The van der Waals surface area contributed by atoms with Crippen molar-refractivity contribution in [3.8, 4) is 0 Å². The summed E-state index contributed by atoms with van der Waals surface area (Å²) in [5.41, 5.74) is 1.00. The highest BCUT2D eigenvalue weighted by Gasteiger charge is 2.13. The fraction of sp³-hybridized carbons (Fsp3) is 0.0833. The lowest BCUT2D eigenvalue weighted by Gasteiger charge is -2.08. The van der Waals surface area contributed by atoms with Crippen LogP contribution in [-0.2, 0) is 15.8 Å². The van der Waals surface area contributed by atoms with Crippen LogP contribution >= 0.6 is 11.6 Å². The largest absolute Gasteiger partial charge is 0.280 e. The average molecular weight is 283 g/mol. The molecule has 0 bridgehead atoms. The van der Waals surface area contributed by atoms with Crippen molar-refractivity contribution < 1.29 is 8.42 Å². The summed E-state index contributed by atoms with van der Waals surface area (Å²) in [6.07, 6.45) is 2.88. The van der Waals surface area contributed by atoms with Gasteiger partial charge in [-0.2, -0.15) is 0 Å². The summed E-state index contributed by atoms with van der Waals surface area (Å²) < 4.78 is 26.3. The third kappa shape index (κ3) is 3.45. The van der Waals surface area contributed by atoms with Gasteiger partial charge in [-0.15, -0.1) is 0 Å². The Balaban J connectivity index is 2.16. The van der Waals surface area contributed by atoms with E-state index in [4.69, 9.17) is 11.6 Å².